The van der Waals surface area contributed by atoms with Crippen molar-refractivity contribution >= 4 is 45.8 Å². The lowest BCUT2D eigenvalue weighted by Crippen LogP contribution is -2.04. The van der Waals surface area contributed by atoms with Crippen LogP contribution in [0.2, 0.25) is 15.2 Å². The van der Waals surface area contributed by atoms with Crippen molar-refractivity contribution in [3.8, 4) is 5.75 Å². The van der Waals surface area contributed by atoms with E-state index in [1.807, 2.05) is 0 Å². The van der Waals surface area contributed by atoms with E-state index in [-0.39, 0.29) is 6.61 Å². The topological polar surface area (TPSA) is 52.8 Å². The molecule has 2 heterocycles. The van der Waals surface area contributed by atoms with Crippen molar-refractivity contribution in [3.63, 3.8) is 0 Å². The summed E-state index contributed by atoms with van der Waals surface area (Å²) in [6.07, 6.45) is 1.62. The number of ether oxygens (including phenoxy) is 1. The van der Waals surface area contributed by atoms with Gasteiger partial charge in [-0.25, -0.2) is 9.97 Å². The molecule has 0 fully saturated rings. The fourth-order valence-corrected chi connectivity index (χ4v) is 2.59. The van der Waals surface area contributed by atoms with Gasteiger partial charge in [-0.2, -0.15) is 5.10 Å². The van der Waals surface area contributed by atoms with Crippen molar-refractivity contribution in [3.05, 3.63) is 45.4 Å². The van der Waals surface area contributed by atoms with Gasteiger partial charge in [0.15, 0.2) is 17.2 Å². The van der Waals surface area contributed by atoms with Crippen LogP contribution < -0.4 is 4.74 Å². The Hall–Kier alpha value is -1.56. The fourth-order valence-electron chi connectivity index (χ4n) is 1.85. The molecule has 0 saturated carbocycles. The Morgan fingerprint density at radius 3 is 2.57 bits per heavy atom. The maximum absolute atomic E-state index is 6.11. The first-order valence-corrected chi connectivity index (χ1v) is 7.10. The molecule has 5 nitrogen and oxygen atoms in total. The number of hydrogen-bond acceptors (Lipinski definition) is 4. The second-order valence-corrected chi connectivity index (χ2v) is 5.45. The zero-order valence-electron chi connectivity index (χ0n) is 10.8. The first kappa shape index (κ1) is 14.4. The first-order valence-electron chi connectivity index (χ1n) is 5.97. The van der Waals surface area contributed by atoms with Gasteiger partial charge in [-0.3, -0.25) is 4.68 Å². The molecular formula is C13H9Cl3N4O. The van der Waals surface area contributed by atoms with Crippen LogP contribution in [-0.4, -0.2) is 19.7 Å². The Bertz CT molecular complexity index is 798. The number of nitrogens with zero attached hydrogens (tertiary/aromatic N) is 4. The third-order valence-electron chi connectivity index (χ3n) is 2.86. The number of aromatic nitrogens is 4. The number of aryl methyl sites for hydroxylation is 1. The van der Waals surface area contributed by atoms with Gasteiger partial charge in [0.1, 0.15) is 11.8 Å². The lowest BCUT2D eigenvalue weighted by molar-refractivity contribution is 0.296. The molecule has 0 aliphatic carbocycles. The highest BCUT2D eigenvalue weighted by Gasteiger charge is 2.12. The molecule has 0 atom stereocenters. The highest BCUT2D eigenvalue weighted by atomic mass is 35.5. The monoisotopic (exact) mass is 342 g/mol. The molecule has 108 valence electrons. The van der Waals surface area contributed by atoms with Crippen LogP contribution in [0.15, 0.2) is 24.4 Å². The third-order valence-corrected chi connectivity index (χ3v) is 3.74. The lowest BCUT2D eigenvalue weighted by atomic mass is 10.3. The van der Waals surface area contributed by atoms with Crippen molar-refractivity contribution in [1.82, 2.24) is 19.7 Å². The van der Waals surface area contributed by atoms with Crippen molar-refractivity contribution in [2.24, 2.45) is 7.05 Å². The average Bonchev–Trinajstić information content (AvgIpc) is 2.81. The third kappa shape index (κ3) is 2.77. The summed E-state index contributed by atoms with van der Waals surface area (Å²) in [5.41, 5.74) is 0.638. The van der Waals surface area contributed by atoms with E-state index in [1.165, 1.54) is 0 Å². The quantitative estimate of drug-likeness (QED) is 0.677. The summed E-state index contributed by atoms with van der Waals surface area (Å²) in [6.45, 7) is 0.101. The van der Waals surface area contributed by atoms with E-state index in [0.29, 0.717) is 37.8 Å². The van der Waals surface area contributed by atoms with Crippen molar-refractivity contribution in [2.45, 2.75) is 6.61 Å². The standard InChI is InChI=1S/C13H9Cl3N4O/c1-20-13-7(5-17-20)12(16)18-10(19-13)6-21-11-8(14)3-2-4-9(11)15/h2-5H,6H2,1H3. The predicted molar refractivity (Wildman–Crippen MR) is 82.1 cm³/mol. The molecule has 3 rings (SSSR count). The molecule has 8 heteroatoms. The minimum Gasteiger partial charge on any atom is -0.482 e. The molecule has 0 bridgehead atoms. The normalized spacial score (nSPS) is 11.0. The second-order valence-electron chi connectivity index (χ2n) is 4.28. The van der Waals surface area contributed by atoms with E-state index in [9.17, 15) is 0 Å². The highest BCUT2D eigenvalue weighted by molar-refractivity contribution is 6.37. The van der Waals surface area contributed by atoms with Gasteiger partial charge in [-0.15, -0.1) is 0 Å². The molecule has 0 spiro atoms. The van der Waals surface area contributed by atoms with Crippen LogP contribution in [0, 0.1) is 0 Å². The molecule has 1 aromatic carbocycles. The number of halogens is 3. The minimum atomic E-state index is 0.101. The van der Waals surface area contributed by atoms with Gasteiger partial charge in [0.25, 0.3) is 0 Å². The van der Waals surface area contributed by atoms with Gasteiger partial charge in [0.2, 0.25) is 0 Å². The van der Waals surface area contributed by atoms with E-state index >= 15 is 0 Å². The Morgan fingerprint density at radius 2 is 1.86 bits per heavy atom. The summed E-state index contributed by atoms with van der Waals surface area (Å²) in [6, 6.07) is 5.13. The number of hydrogen-bond donors (Lipinski definition) is 0. The van der Waals surface area contributed by atoms with Crippen LogP contribution in [0.25, 0.3) is 11.0 Å². The molecule has 2 aromatic heterocycles. The maximum Gasteiger partial charge on any atom is 0.170 e. The molecule has 0 N–H and O–H groups in total. The molecule has 0 aliphatic rings. The summed E-state index contributed by atoms with van der Waals surface area (Å²) >= 11 is 18.2. The molecule has 0 saturated heterocycles. The molecule has 0 radical (unpaired) electrons. The summed E-state index contributed by atoms with van der Waals surface area (Å²) in [7, 11) is 1.78. The zero-order chi connectivity index (χ0) is 15.0. The molecule has 0 amide bonds. The van der Waals surface area contributed by atoms with Gasteiger partial charge >= 0.3 is 0 Å². The Kier molecular flexibility index (Phi) is 3.89. The van der Waals surface area contributed by atoms with Crippen LogP contribution in [0.5, 0.6) is 5.75 Å². The molecule has 21 heavy (non-hydrogen) atoms. The zero-order valence-corrected chi connectivity index (χ0v) is 13.1. The predicted octanol–water partition coefficient (Wildman–Crippen LogP) is 3.90. The molecule has 0 unspecified atom stereocenters. The smallest absolute Gasteiger partial charge is 0.170 e. The number of para-hydroxylation sites is 1. The van der Waals surface area contributed by atoms with Crippen LogP contribution in [0.1, 0.15) is 5.82 Å². The first-order chi connectivity index (χ1) is 10.1. The fraction of sp³-hybridized carbons (Fsp3) is 0.154. The molecule has 0 aliphatic heterocycles. The Morgan fingerprint density at radius 1 is 1.14 bits per heavy atom. The van der Waals surface area contributed by atoms with Gasteiger partial charge in [0, 0.05) is 7.05 Å². The van der Waals surface area contributed by atoms with Crippen LogP contribution in [0.4, 0.5) is 0 Å². The van der Waals surface area contributed by atoms with Gasteiger partial charge in [0.05, 0.1) is 21.6 Å². The SMILES string of the molecule is Cn1ncc2c(Cl)nc(COc3c(Cl)cccc3Cl)nc21. The number of benzene rings is 1. The molecule has 3 aromatic rings. The maximum atomic E-state index is 6.11. The van der Waals surface area contributed by atoms with E-state index in [1.54, 1.807) is 36.1 Å². The lowest BCUT2D eigenvalue weighted by Gasteiger charge is -2.09. The molecular weight excluding hydrogens is 335 g/mol. The van der Waals surface area contributed by atoms with Crippen molar-refractivity contribution in [1.29, 1.82) is 0 Å². The van der Waals surface area contributed by atoms with Crippen molar-refractivity contribution < 1.29 is 4.74 Å². The van der Waals surface area contributed by atoms with Crippen molar-refractivity contribution in [2.75, 3.05) is 0 Å². The largest absolute Gasteiger partial charge is 0.482 e. The second kappa shape index (κ2) is 5.67. The highest BCUT2D eigenvalue weighted by Crippen LogP contribution is 2.32. The summed E-state index contributed by atoms with van der Waals surface area (Å²) in [5, 5.41) is 5.97. The van der Waals surface area contributed by atoms with Gasteiger partial charge in [-0.1, -0.05) is 40.9 Å². The number of fused-ring (bicyclic) bond motifs is 1. The minimum absolute atomic E-state index is 0.101. The summed E-state index contributed by atoms with van der Waals surface area (Å²) in [5.74, 6) is 0.817. The van der Waals surface area contributed by atoms with Crippen LogP contribution >= 0.6 is 34.8 Å². The average molecular weight is 344 g/mol. The van der Waals surface area contributed by atoms with Crippen LogP contribution in [-0.2, 0) is 13.7 Å². The summed E-state index contributed by atoms with van der Waals surface area (Å²) < 4.78 is 7.22. The van der Waals surface area contributed by atoms with E-state index in [0.717, 1.165) is 0 Å². The van der Waals surface area contributed by atoms with Gasteiger partial charge < -0.3 is 4.74 Å². The Balaban J connectivity index is 1.90. The van der Waals surface area contributed by atoms with E-state index in [2.05, 4.69) is 15.1 Å². The van der Waals surface area contributed by atoms with Gasteiger partial charge in [-0.05, 0) is 12.1 Å². The van der Waals surface area contributed by atoms with E-state index in [4.69, 9.17) is 39.5 Å². The van der Waals surface area contributed by atoms with E-state index < -0.39 is 0 Å². The Labute approximate surface area is 135 Å². The number of rotatable bonds is 3. The summed E-state index contributed by atoms with van der Waals surface area (Å²) in [4.78, 5) is 8.54. The van der Waals surface area contributed by atoms with Crippen LogP contribution in [0.3, 0.4) is 0 Å².